The van der Waals surface area contributed by atoms with Gasteiger partial charge in [-0.3, -0.25) is 0 Å². The molecular weight excluding hydrogens is 839 g/mol. The van der Waals surface area contributed by atoms with Crippen LogP contribution in [0.5, 0.6) is 0 Å². The fourth-order valence-electron chi connectivity index (χ4n) is 6.21. The summed E-state index contributed by atoms with van der Waals surface area (Å²) in [6.07, 6.45) is 3.13. The Kier molecular flexibility index (Phi) is 7.46. The first kappa shape index (κ1) is 26.8. The first-order valence-corrected chi connectivity index (χ1v) is 17.4. The number of nitrogens with zero attached hydrogens (tertiary/aromatic N) is 3. The van der Waals surface area contributed by atoms with Crippen molar-refractivity contribution in [1.82, 2.24) is 15.0 Å². The van der Waals surface area contributed by atoms with Gasteiger partial charge in [-0.25, -0.2) is 4.98 Å². The normalized spacial score (nSPS) is 15.5. The molecule has 0 saturated carbocycles. The molecule has 4 aromatic carbocycles. The van der Waals surface area contributed by atoms with E-state index in [4.69, 9.17) is 19.5 Å². The fourth-order valence-corrected chi connectivity index (χ4v) is 6.21. The Bertz CT molecular complexity index is 2940. The number of benzene rings is 4. The molecular formula is C49H47IrN3O-2. The van der Waals surface area contributed by atoms with Crippen LogP contribution in [-0.2, 0) is 30.9 Å². The van der Waals surface area contributed by atoms with Gasteiger partial charge >= 0.3 is 0 Å². The largest absolute Gasteiger partial charge is 0.486 e. The molecule has 0 atom stereocenters. The van der Waals surface area contributed by atoms with E-state index in [1.807, 2.05) is 42.6 Å². The van der Waals surface area contributed by atoms with Crippen LogP contribution in [0.15, 0.2) is 108 Å². The Morgan fingerprint density at radius 1 is 0.648 bits per heavy atom. The summed E-state index contributed by atoms with van der Waals surface area (Å²) >= 11 is 0. The van der Waals surface area contributed by atoms with Crippen molar-refractivity contribution in [2.75, 3.05) is 0 Å². The van der Waals surface area contributed by atoms with Gasteiger partial charge in [0.2, 0.25) is 5.71 Å². The van der Waals surface area contributed by atoms with Gasteiger partial charge in [0, 0.05) is 58.7 Å². The number of aromatic nitrogens is 3. The number of aryl methyl sites for hydroxylation is 4. The van der Waals surface area contributed by atoms with E-state index in [-0.39, 0.29) is 64.6 Å². The van der Waals surface area contributed by atoms with Crippen molar-refractivity contribution in [3.63, 3.8) is 0 Å². The number of furan rings is 1. The Labute approximate surface area is 348 Å². The summed E-state index contributed by atoms with van der Waals surface area (Å²) in [6, 6.07) is 32.8. The van der Waals surface area contributed by atoms with Crippen molar-refractivity contribution in [2.24, 2.45) is 0 Å². The summed E-state index contributed by atoms with van der Waals surface area (Å²) in [5.74, 6) is 0. The zero-order valence-corrected chi connectivity index (χ0v) is 33.4. The maximum atomic E-state index is 8.40. The van der Waals surface area contributed by atoms with Crippen LogP contribution >= 0.6 is 0 Å². The smallest absolute Gasteiger partial charge is 0.216 e. The molecule has 4 heterocycles. The van der Waals surface area contributed by atoms with Gasteiger partial charge in [-0.1, -0.05) is 102 Å². The molecule has 8 rings (SSSR count). The van der Waals surface area contributed by atoms with Gasteiger partial charge < -0.3 is 14.4 Å². The van der Waals surface area contributed by atoms with Crippen molar-refractivity contribution in [3.05, 3.63) is 149 Å². The number of fused-ring (bicyclic) bond motifs is 4. The van der Waals surface area contributed by atoms with E-state index in [1.54, 1.807) is 48.5 Å². The number of hydrogen-bond acceptors (Lipinski definition) is 4. The predicted octanol–water partition coefficient (Wildman–Crippen LogP) is 13.0. The van der Waals surface area contributed by atoms with Crippen molar-refractivity contribution in [2.45, 2.75) is 79.8 Å². The molecule has 0 amide bonds. The summed E-state index contributed by atoms with van der Waals surface area (Å²) in [5, 5.41) is 2.94. The second-order valence-electron chi connectivity index (χ2n) is 15.3. The molecule has 0 spiro atoms. The summed E-state index contributed by atoms with van der Waals surface area (Å²) < 4.78 is 93.5. The summed E-state index contributed by atoms with van der Waals surface area (Å²) in [4.78, 5) is 13.3. The van der Waals surface area contributed by atoms with Gasteiger partial charge in [-0.05, 0) is 105 Å². The van der Waals surface area contributed by atoms with Crippen molar-refractivity contribution in [3.8, 4) is 33.6 Å². The van der Waals surface area contributed by atoms with Crippen LogP contribution < -0.4 is 0 Å². The predicted molar refractivity (Wildman–Crippen MR) is 221 cm³/mol. The zero-order chi connectivity index (χ0) is 46.7. The summed E-state index contributed by atoms with van der Waals surface area (Å²) in [5.41, 5.74) is 6.24. The van der Waals surface area contributed by atoms with Gasteiger partial charge in [-0.15, -0.1) is 53.6 Å². The van der Waals surface area contributed by atoms with Crippen molar-refractivity contribution >= 4 is 32.8 Å². The number of pyridine rings is 3. The average Bonchev–Trinajstić information content (AvgIpc) is 3.60. The Balaban J connectivity index is 0.000000280. The van der Waals surface area contributed by atoms with E-state index in [2.05, 4.69) is 68.6 Å². The topological polar surface area (TPSA) is 51.8 Å². The monoisotopic (exact) mass is 897 g/mol. The standard InChI is InChI=1S/C33H29N2O.C16H18N.Ir/c1-19-14-23-15-24(33(4,5)6)12-11-22(23)16-28(19)29-17-30(34-18-20(29)2)27-9-7-8-25-26-13-10-21(3)35-32(26)36-31(25)27;1-12-5-7-13(8-6-12)15-10-9-14(11-17-15)16(2,3)4;/h7-8,10-18H,1-6H3;5-7,9-11H,1-4H3;/q2*-1;/i1D3,2D3,3D2;1D3;. The fraction of sp³-hybridized carbons (Fsp3) is 0.245. The summed E-state index contributed by atoms with van der Waals surface area (Å²) in [6.45, 7) is 4.22. The van der Waals surface area contributed by atoms with Gasteiger partial charge in [0.05, 0.1) is 5.58 Å². The minimum atomic E-state index is -2.57. The van der Waals surface area contributed by atoms with Crippen LogP contribution in [0.4, 0.5) is 0 Å². The maximum Gasteiger partial charge on any atom is 0.216 e. The quantitative estimate of drug-likeness (QED) is 0.166. The van der Waals surface area contributed by atoms with E-state index < -0.39 is 27.4 Å². The van der Waals surface area contributed by atoms with Gasteiger partial charge in [0.1, 0.15) is 0 Å². The van der Waals surface area contributed by atoms with Crippen LogP contribution in [0.1, 0.15) is 90.1 Å². The second kappa shape index (κ2) is 15.1. The van der Waals surface area contributed by atoms with Crippen molar-refractivity contribution in [1.29, 1.82) is 0 Å². The molecule has 5 heteroatoms. The summed E-state index contributed by atoms with van der Waals surface area (Å²) in [7, 11) is 0. The molecule has 275 valence electrons. The van der Waals surface area contributed by atoms with E-state index in [0.717, 1.165) is 27.6 Å². The molecule has 0 unspecified atom stereocenters. The van der Waals surface area contributed by atoms with Crippen LogP contribution in [0.2, 0.25) is 0 Å². The third-order valence-corrected chi connectivity index (χ3v) is 9.33. The van der Waals surface area contributed by atoms with E-state index >= 15 is 0 Å². The average molecular weight is 897 g/mol. The Hall–Kier alpha value is -4.96. The Morgan fingerprint density at radius 3 is 2.11 bits per heavy atom. The molecule has 0 aliphatic carbocycles. The van der Waals surface area contributed by atoms with Crippen LogP contribution in [-0.4, -0.2) is 15.0 Å². The first-order valence-electron chi connectivity index (χ1n) is 23.0. The van der Waals surface area contributed by atoms with Crippen molar-refractivity contribution < 1.29 is 39.6 Å². The van der Waals surface area contributed by atoms with Gasteiger partial charge in [0.25, 0.3) is 0 Å². The minimum Gasteiger partial charge on any atom is -0.486 e. The molecule has 4 aromatic heterocycles. The van der Waals surface area contributed by atoms with Gasteiger partial charge in [0.15, 0.2) is 0 Å². The third-order valence-electron chi connectivity index (χ3n) is 9.33. The van der Waals surface area contributed by atoms with E-state index in [1.165, 1.54) is 17.8 Å². The maximum absolute atomic E-state index is 8.40. The molecule has 0 aliphatic heterocycles. The molecule has 0 aliphatic rings. The minimum absolute atomic E-state index is 0. The number of rotatable bonds is 3. The molecule has 0 bridgehead atoms. The zero-order valence-electron chi connectivity index (χ0n) is 42.0. The Morgan fingerprint density at radius 2 is 1.43 bits per heavy atom. The molecule has 0 N–H and O–H groups in total. The van der Waals surface area contributed by atoms with Crippen LogP contribution in [0.25, 0.3) is 66.5 Å². The third kappa shape index (κ3) is 7.94. The van der Waals surface area contributed by atoms with E-state index in [9.17, 15) is 0 Å². The second-order valence-corrected chi connectivity index (χ2v) is 15.3. The molecule has 54 heavy (non-hydrogen) atoms. The van der Waals surface area contributed by atoms with Crippen LogP contribution in [0, 0.1) is 39.6 Å². The van der Waals surface area contributed by atoms with E-state index in [0.29, 0.717) is 33.2 Å². The SMILES string of the molecule is [2H]C([2H])([2H])c1c[c-]c(-c2ccc(C(C)(C)C)cn2)cc1.[2H]C([2H])c1ccc2c(n1)oc1c(-c3cc(-c4cc5ccc(C(C)(C)C)cc5cc4C([2H])([2H])[2H])c(C([2H])([2H])[2H])cn3)[c-]ccc12.[Ir]. The first-order chi connectivity index (χ1) is 29.7. The van der Waals surface area contributed by atoms with Crippen LogP contribution in [0.3, 0.4) is 0 Å². The molecule has 0 saturated heterocycles. The molecule has 8 aromatic rings. The van der Waals surface area contributed by atoms with Gasteiger partial charge in [-0.2, -0.15) is 0 Å². The number of hydrogen-bond donors (Lipinski definition) is 0. The molecule has 1 radical (unpaired) electrons. The molecule has 4 nitrogen and oxygen atoms in total. The molecule has 0 fully saturated rings.